The molecule has 1 saturated carbocycles. The van der Waals surface area contributed by atoms with Gasteiger partial charge in [-0.15, -0.1) is 0 Å². The van der Waals surface area contributed by atoms with Gasteiger partial charge in [0.05, 0.1) is 5.70 Å². The van der Waals surface area contributed by atoms with Crippen LogP contribution in [-0.4, -0.2) is 21.4 Å². The van der Waals surface area contributed by atoms with Gasteiger partial charge in [0.25, 0.3) is 0 Å². The molecule has 6 heteroatoms. The number of benzene rings is 1. The van der Waals surface area contributed by atoms with Crippen LogP contribution in [0.5, 0.6) is 0 Å². The van der Waals surface area contributed by atoms with Crippen molar-refractivity contribution in [2.45, 2.75) is 63.6 Å². The van der Waals surface area contributed by atoms with E-state index in [4.69, 9.17) is 11.5 Å². The van der Waals surface area contributed by atoms with E-state index in [1.54, 1.807) is 6.20 Å². The van der Waals surface area contributed by atoms with E-state index in [0.717, 1.165) is 49.3 Å². The summed E-state index contributed by atoms with van der Waals surface area (Å²) in [7, 11) is 0. The van der Waals surface area contributed by atoms with Crippen molar-refractivity contribution in [3.05, 3.63) is 54.1 Å². The van der Waals surface area contributed by atoms with E-state index in [9.17, 15) is 0 Å². The van der Waals surface area contributed by atoms with Gasteiger partial charge in [-0.1, -0.05) is 25.5 Å². The lowest BCUT2D eigenvalue weighted by atomic mass is 9.78. The quantitative estimate of drug-likeness (QED) is 0.616. The second-order valence-electron chi connectivity index (χ2n) is 8.26. The average Bonchev–Trinajstić information content (AvgIpc) is 3.16. The highest BCUT2D eigenvalue weighted by Gasteiger charge is 2.39. The lowest BCUT2D eigenvalue weighted by Crippen LogP contribution is -2.58. The van der Waals surface area contributed by atoms with Crippen molar-refractivity contribution in [2.75, 3.05) is 10.7 Å². The molecular weight excluding hydrogens is 348 g/mol. The molecule has 1 aromatic heterocycles. The van der Waals surface area contributed by atoms with E-state index in [0.29, 0.717) is 12.0 Å². The van der Waals surface area contributed by atoms with Crippen molar-refractivity contribution >= 4 is 11.4 Å². The smallest absolute Gasteiger partial charge is 0.174 e. The van der Waals surface area contributed by atoms with Crippen LogP contribution in [0.4, 0.5) is 5.69 Å². The second kappa shape index (κ2) is 7.97. The van der Waals surface area contributed by atoms with Crippen LogP contribution >= 0.6 is 0 Å². The van der Waals surface area contributed by atoms with E-state index in [1.165, 1.54) is 18.4 Å². The minimum atomic E-state index is -0.614. The fourth-order valence-electron chi connectivity index (χ4n) is 4.33. The molecule has 1 fully saturated rings. The molecule has 4 rings (SSSR count). The van der Waals surface area contributed by atoms with Gasteiger partial charge < -0.3 is 22.2 Å². The first-order valence-electron chi connectivity index (χ1n) is 10.5. The minimum absolute atomic E-state index is 0.306. The molecule has 150 valence electrons. The third-order valence-electron chi connectivity index (χ3n) is 6.08. The summed E-state index contributed by atoms with van der Waals surface area (Å²) in [5.74, 6) is 1.19. The number of nitrogens with two attached hydrogens (primary N) is 2. The Hall–Kier alpha value is -2.31. The Kier molecular flexibility index (Phi) is 5.42. The summed E-state index contributed by atoms with van der Waals surface area (Å²) in [5, 5.41) is 3.54. The SMILES string of the molecule is CCCCc1ccc(NC2=CC(N)(C3CCC(N)CC3)Nn3ccnc32)cc1. The van der Waals surface area contributed by atoms with Gasteiger partial charge in [-0.05, 0) is 62.3 Å². The van der Waals surface area contributed by atoms with Gasteiger partial charge in [0.1, 0.15) is 5.66 Å². The summed E-state index contributed by atoms with van der Waals surface area (Å²) in [6, 6.07) is 8.98. The molecule has 2 aliphatic rings. The number of nitrogens with one attached hydrogen (secondary N) is 2. The van der Waals surface area contributed by atoms with Crippen LogP contribution in [0.25, 0.3) is 5.70 Å². The molecule has 6 nitrogen and oxygen atoms in total. The molecule has 0 amide bonds. The molecule has 2 heterocycles. The van der Waals surface area contributed by atoms with Gasteiger partial charge in [0, 0.05) is 30.0 Å². The van der Waals surface area contributed by atoms with E-state index in [1.807, 2.05) is 10.9 Å². The van der Waals surface area contributed by atoms with E-state index >= 15 is 0 Å². The Morgan fingerprint density at radius 2 is 1.96 bits per heavy atom. The van der Waals surface area contributed by atoms with Crippen LogP contribution in [0, 0.1) is 5.92 Å². The topological polar surface area (TPSA) is 93.9 Å². The molecule has 1 atom stereocenters. The van der Waals surface area contributed by atoms with E-state index < -0.39 is 5.66 Å². The fraction of sp³-hybridized carbons (Fsp3) is 0.500. The van der Waals surface area contributed by atoms with Crippen LogP contribution in [0.3, 0.4) is 0 Å². The number of aromatic nitrogens is 2. The number of rotatable bonds is 6. The number of imidazole rings is 1. The molecule has 0 saturated heterocycles. The zero-order chi connectivity index (χ0) is 19.6. The van der Waals surface area contributed by atoms with Crippen molar-refractivity contribution in [3.63, 3.8) is 0 Å². The Balaban J connectivity index is 1.56. The Labute approximate surface area is 167 Å². The van der Waals surface area contributed by atoms with Crippen molar-refractivity contribution in [1.29, 1.82) is 0 Å². The van der Waals surface area contributed by atoms with Gasteiger partial charge in [0.2, 0.25) is 0 Å². The molecule has 6 N–H and O–H groups in total. The third kappa shape index (κ3) is 3.93. The zero-order valence-electron chi connectivity index (χ0n) is 16.7. The fourth-order valence-corrected chi connectivity index (χ4v) is 4.33. The lowest BCUT2D eigenvalue weighted by Gasteiger charge is -2.42. The minimum Gasteiger partial charge on any atom is -0.353 e. The molecule has 2 aromatic rings. The lowest BCUT2D eigenvalue weighted by molar-refractivity contribution is 0.239. The van der Waals surface area contributed by atoms with Crippen molar-refractivity contribution in [1.82, 2.24) is 9.66 Å². The number of hydrogen-bond donors (Lipinski definition) is 4. The first-order chi connectivity index (χ1) is 13.6. The predicted molar refractivity (Wildman–Crippen MR) is 115 cm³/mol. The molecule has 0 spiro atoms. The van der Waals surface area contributed by atoms with Gasteiger partial charge in [-0.3, -0.25) is 0 Å². The molecule has 1 unspecified atom stereocenters. The zero-order valence-corrected chi connectivity index (χ0v) is 16.7. The van der Waals surface area contributed by atoms with Crippen LogP contribution in [-0.2, 0) is 6.42 Å². The Bertz CT molecular complexity index is 816. The standard InChI is InChI=1S/C22H32N6/c1-2-3-4-16-5-11-19(12-6-16)26-20-15-22(24,17-7-9-18(23)10-8-17)27-28-14-13-25-21(20)28/h5-6,11-15,17-18,26-27H,2-4,7-10,23-24H2,1H3. The first-order valence-corrected chi connectivity index (χ1v) is 10.5. The number of aryl methyl sites for hydroxylation is 1. The summed E-state index contributed by atoms with van der Waals surface area (Å²) in [6.07, 6.45) is 13.5. The summed E-state index contributed by atoms with van der Waals surface area (Å²) in [4.78, 5) is 4.51. The van der Waals surface area contributed by atoms with Crippen molar-refractivity contribution in [3.8, 4) is 0 Å². The maximum atomic E-state index is 6.86. The van der Waals surface area contributed by atoms with E-state index in [2.05, 4.69) is 53.0 Å². The highest BCUT2D eigenvalue weighted by Crippen LogP contribution is 2.35. The van der Waals surface area contributed by atoms with Crippen LogP contribution in [0.1, 0.15) is 56.8 Å². The number of nitrogens with zero attached hydrogens (tertiary/aromatic N) is 2. The predicted octanol–water partition coefficient (Wildman–Crippen LogP) is 3.41. The second-order valence-corrected chi connectivity index (χ2v) is 8.26. The third-order valence-corrected chi connectivity index (χ3v) is 6.08. The number of fused-ring (bicyclic) bond motifs is 1. The van der Waals surface area contributed by atoms with Gasteiger partial charge in [0.15, 0.2) is 5.82 Å². The summed E-state index contributed by atoms with van der Waals surface area (Å²) >= 11 is 0. The monoisotopic (exact) mass is 380 g/mol. The first kappa shape index (κ1) is 19.0. The largest absolute Gasteiger partial charge is 0.353 e. The van der Waals surface area contributed by atoms with Crippen LogP contribution in [0.2, 0.25) is 0 Å². The van der Waals surface area contributed by atoms with Gasteiger partial charge in [-0.2, -0.15) is 0 Å². The molecule has 28 heavy (non-hydrogen) atoms. The maximum absolute atomic E-state index is 6.86. The maximum Gasteiger partial charge on any atom is 0.174 e. The van der Waals surface area contributed by atoms with Crippen molar-refractivity contribution < 1.29 is 0 Å². The molecule has 1 aliphatic carbocycles. The number of hydrogen-bond acceptors (Lipinski definition) is 5. The Morgan fingerprint density at radius 3 is 2.68 bits per heavy atom. The Morgan fingerprint density at radius 1 is 1.21 bits per heavy atom. The molecule has 0 bridgehead atoms. The summed E-state index contributed by atoms with van der Waals surface area (Å²) in [6.45, 7) is 2.22. The normalized spacial score (nSPS) is 26.9. The van der Waals surface area contributed by atoms with E-state index in [-0.39, 0.29) is 0 Å². The highest BCUT2D eigenvalue weighted by atomic mass is 15.5. The average molecular weight is 381 g/mol. The molecule has 0 radical (unpaired) electrons. The molecular formula is C22H32N6. The molecule has 1 aromatic carbocycles. The van der Waals surface area contributed by atoms with Gasteiger partial charge in [-0.25, -0.2) is 9.66 Å². The van der Waals surface area contributed by atoms with Gasteiger partial charge >= 0.3 is 0 Å². The molecule has 1 aliphatic heterocycles. The summed E-state index contributed by atoms with van der Waals surface area (Å²) < 4.78 is 1.94. The number of anilines is 1. The van der Waals surface area contributed by atoms with Crippen molar-refractivity contribution in [2.24, 2.45) is 17.4 Å². The summed E-state index contributed by atoms with van der Waals surface area (Å²) in [5.41, 5.74) is 19.2. The number of unbranched alkanes of at least 4 members (excludes halogenated alkanes) is 1. The van der Waals surface area contributed by atoms with Crippen LogP contribution < -0.4 is 22.2 Å². The highest BCUT2D eigenvalue weighted by molar-refractivity contribution is 5.76. The van der Waals surface area contributed by atoms with Crippen LogP contribution in [0.15, 0.2) is 42.7 Å².